The van der Waals surface area contributed by atoms with Crippen molar-refractivity contribution in [2.75, 3.05) is 6.61 Å². The Balaban J connectivity index is 2.37. The average molecular weight is 184 g/mol. The first-order valence-corrected chi connectivity index (χ1v) is 5.82. The van der Waals surface area contributed by atoms with E-state index in [0.717, 1.165) is 12.5 Å². The highest BCUT2D eigenvalue weighted by molar-refractivity contribution is 4.84. The summed E-state index contributed by atoms with van der Waals surface area (Å²) in [5, 5.41) is 0. The lowest BCUT2D eigenvalue weighted by molar-refractivity contribution is -0.0139. The monoisotopic (exact) mass is 184 g/mol. The van der Waals surface area contributed by atoms with E-state index in [1.54, 1.807) is 0 Å². The second-order valence-electron chi connectivity index (χ2n) is 4.82. The molecule has 0 saturated carbocycles. The number of ether oxygens (including phenoxy) is 1. The molecule has 0 radical (unpaired) electrons. The molecule has 0 aliphatic carbocycles. The van der Waals surface area contributed by atoms with E-state index in [2.05, 4.69) is 20.8 Å². The Hall–Kier alpha value is -0.0400. The van der Waals surface area contributed by atoms with Gasteiger partial charge >= 0.3 is 0 Å². The minimum Gasteiger partial charge on any atom is -0.375 e. The Labute approximate surface area is 82.9 Å². The number of rotatable bonds is 5. The molecule has 0 spiro atoms. The van der Waals surface area contributed by atoms with Crippen molar-refractivity contribution >= 4 is 0 Å². The van der Waals surface area contributed by atoms with E-state index in [1.165, 1.54) is 38.5 Å². The van der Waals surface area contributed by atoms with Crippen LogP contribution in [0.2, 0.25) is 0 Å². The first-order chi connectivity index (χ1) is 6.18. The standard InChI is InChI=1S/C12H24O/c1-4-7-12(8-5-10-13-12)9-6-11(2)3/h11H,4-10H2,1-3H3. The van der Waals surface area contributed by atoms with Crippen LogP contribution in [0.1, 0.15) is 59.3 Å². The van der Waals surface area contributed by atoms with Crippen LogP contribution >= 0.6 is 0 Å². The zero-order chi connectivity index (χ0) is 9.73. The third kappa shape index (κ3) is 3.30. The molecule has 0 amide bonds. The first kappa shape index (κ1) is 11.0. The summed E-state index contributed by atoms with van der Waals surface area (Å²) < 4.78 is 5.93. The molecule has 0 aromatic rings. The molecular formula is C12H24O. The van der Waals surface area contributed by atoms with Crippen molar-refractivity contribution in [3.05, 3.63) is 0 Å². The molecule has 78 valence electrons. The molecule has 1 unspecified atom stereocenters. The average Bonchev–Trinajstić information content (AvgIpc) is 2.51. The SMILES string of the molecule is CCCC1(CCC(C)C)CCCO1. The van der Waals surface area contributed by atoms with Gasteiger partial charge in [-0.05, 0) is 38.0 Å². The lowest BCUT2D eigenvalue weighted by Gasteiger charge is -2.28. The van der Waals surface area contributed by atoms with E-state index in [-0.39, 0.29) is 5.60 Å². The quantitative estimate of drug-likeness (QED) is 0.632. The van der Waals surface area contributed by atoms with Gasteiger partial charge in [0.1, 0.15) is 0 Å². The van der Waals surface area contributed by atoms with Crippen molar-refractivity contribution in [1.82, 2.24) is 0 Å². The molecule has 1 heterocycles. The Morgan fingerprint density at radius 3 is 2.54 bits per heavy atom. The fourth-order valence-corrected chi connectivity index (χ4v) is 2.28. The Morgan fingerprint density at radius 2 is 2.08 bits per heavy atom. The highest BCUT2D eigenvalue weighted by atomic mass is 16.5. The molecule has 1 saturated heterocycles. The summed E-state index contributed by atoms with van der Waals surface area (Å²) in [5.74, 6) is 0.818. The van der Waals surface area contributed by atoms with Gasteiger partial charge in [0, 0.05) is 6.61 Å². The van der Waals surface area contributed by atoms with Crippen LogP contribution in [0, 0.1) is 5.92 Å². The summed E-state index contributed by atoms with van der Waals surface area (Å²) in [4.78, 5) is 0. The Bertz CT molecular complexity index is 134. The van der Waals surface area contributed by atoms with Crippen LogP contribution in [0.5, 0.6) is 0 Å². The van der Waals surface area contributed by atoms with Gasteiger partial charge in [-0.1, -0.05) is 27.2 Å². The van der Waals surface area contributed by atoms with E-state index < -0.39 is 0 Å². The van der Waals surface area contributed by atoms with E-state index in [9.17, 15) is 0 Å². The second kappa shape index (κ2) is 4.99. The maximum atomic E-state index is 5.93. The Morgan fingerprint density at radius 1 is 1.31 bits per heavy atom. The second-order valence-corrected chi connectivity index (χ2v) is 4.82. The van der Waals surface area contributed by atoms with Gasteiger partial charge in [0.15, 0.2) is 0 Å². The topological polar surface area (TPSA) is 9.23 Å². The van der Waals surface area contributed by atoms with Crippen LogP contribution in [0.3, 0.4) is 0 Å². The fraction of sp³-hybridized carbons (Fsp3) is 1.00. The normalized spacial score (nSPS) is 28.6. The van der Waals surface area contributed by atoms with E-state index in [1.807, 2.05) is 0 Å². The van der Waals surface area contributed by atoms with Gasteiger partial charge < -0.3 is 4.74 Å². The van der Waals surface area contributed by atoms with E-state index >= 15 is 0 Å². The molecule has 1 aliphatic heterocycles. The van der Waals surface area contributed by atoms with Gasteiger partial charge in [0.2, 0.25) is 0 Å². The third-order valence-electron chi connectivity index (χ3n) is 3.07. The van der Waals surface area contributed by atoms with Gasteiger partial charge in [-0.15, -0.1) is 0 Å². The van der Waals surface area contributed by atoms with Crippen molar-refractivity contribution in [1.29, 1.82) is 0 Å². The summed E-state index contributed by atoms with van der Waals surface area (Å²) in [6.07, 6.45) is 7.70. The van der Waals surface area contributed by atoms with Gasteiger partial charge in [0.25, 0.3) is 0 Å². The molecule has 1 aliphatic rings. The molecule has 0 aromatic carbocycles. The van der Waals surface area contributed by atoms with Crippen LogP contribution < -0.4 is 0 Å². The zero-order valence-corrected chi connectivity index (χ0v) is 9.44. The molecular weight excluding hydrogens is 160 g/mol. The smallest absolute Gasteiger partial charge is 0.0683 e. The summed E-state index contributed by atoms with van der Waals surface area (Å²) >= 11 is 0. The number of hydrogen-bond acceptors (Lipinski definition) is 1. The van der Waals surface area contributed by atoms with Gasteiger partial charge in [-0.25, -0.2) is 0 Å². The molecule has 1 fully saturated rings. The van der Waals surface area contributed by atoms with Crippen LogP contribution in [0.4, 0.5) is 0 Å². The summed E-state index contributed by atoms with van der Waals surface area (Å²) in [6, 6.07) is 0. The van der Waals surface area contributed by atoms with Crippen molar-refractivity contribution in [2.45, 2.75) is 64.9 Å². The van der Waals surface area contributed by atoms with Crippen molar-refractivity contribution in [3.63, 3.8) is 0 Å². The maximum absolute atomic E-state index is 5.93. The molecule has 0 aromatic heterocycles. The van der Waals surface area contributed by atoms with Crippen LogP contribution in [-0.2, 0) is 4.74 Å². The summed E-state index contributed by atoms with van der Waals surface area (Å²) in [5.41, 5.74) is 0.277. The largest absolute Gasteiger partial charge is 0.375 e. The maximum Gasteiger partial charge on any atom is 0.0683 e. The molecule has 1 rings (SSSR count). The van der Waals surface area contributed by atoms with Gasteiger partial charge in [0.05, 0.1) is 5.60 Å². The van der Waals surface area contributed by atoms with Crippen molar-refractivity contribution in [2.24, 2.45) is 5.92 Å². The minimum absolute atomic E-state index is 0.277. The Kier molecular flexibility index (Phi) is 4.24. The lowest BCUT2D eigenvalue weighted by atomic mass is 9.87. The molecule has 1 atom stereocenters. The molecule has 1 nitrogen and oxygen atoms in total. The fourth-order valence-electron chi connectivity index (χ4n) is 2.28. The number of hydrogen-bond donors (Lipinski definition) is 0. The van der Waals surface area contributed by atoms with Crippen molar-refractivity contribution < 1.29 is 4.74 Å². The van der Waals surface area contributed by atoms with Gasteiger partial charge in [-0.3, -0.25) is 0 Å². The van der Waals surface area contributed by atoms with E-state index in [4.69, 9.17) is 4.74 Å². The minimum atomic E-state index is 0.277. The summed E-state index contributed by atoms with van der Waals surface area (Å²) in [7, 11) is 0. The lowest BCUT2D eigenvalue weighted by Crippen LogP contribution is -2.27. The predicted molar refractivity (Wildman–Crippen MR) is 56.9 cm³/mol. The predicted octanol–water partition coefficient (Wildman–Crippen LogP) is 3.77. The molecule has 13 heavy (non-hydrogen) atoms. The highest BCUT2D eigenvalue weighted by Gasteiger charge is 2.33. The molecule has 1 heteroatoms. The third-order valence-corrected chi connectivity index (χ3v) is 3.07. The first-order valence-electron chi connectivity index (χ1n) is 5.82. The van der Waals surface area contributed by atoms with E-state index in [0.29, 0.717) is 0 Å². The van der Waals surface area contributed by atoms with Crippen LogP contribution in [-0.4, -0.2) is 12.2 Å². The zero-order valence-electron chi connectivity index (χ0n) is 9.44. The molecule has 0 bridgehead atoms. The van der Waals surface area contributed by atoms with Gasteiger partial charge in [-0.2, -0.15) is 0 Å². The van der Waals surface area contributed by atoms with Crippen LogP contribution in [0.25, 0.3) is 0 Å². The van der Waals surface area contributed by atoms with Crippen LogP contribution in [0.15, 0.2) is 0 Å². The van der Waals surface area contributed by atoms with Crippen molar-refractivity contribution in [3.8, 4) is 0 Å². The highest BCUT2D eigenvalue weighted by Crippen LogP contribution is 2.35. The summed E-state index contributed by atoms with van der Waals surface area (Å²) in [6.45, 7) is 7.86. The molecule has 0 N–H and O–H groups in total.